The average Bonchev–Trinajstić information content (AvgIpc) is 2.81. The van der Waals surface area contributed by atoms with Crippen molar-refractivity contribution in [2.75, 3.05) is 6.54 Å². The van der Waals surface area contributed by atoms with Crippen LogP contribution in [0.25, 0.3) is 10.9 Å². The van der Waals surface area contributed by atoms with Crippen molar-refractivity contribution in [3.05, 3.63) is 34.5 Å². The number of hydrogen-bond donors (Lipinski definition) is 4. The lowest BCUT2D eigenvalue weighted by Gasteiger charge is -2.17. The summed E-state index contributed by atoms with van der Waals surface area (Å²) in [6, 6.07) is 4.65. The molecule has 0 spiro atoms. The summed E-state index contributed by atoms with van der Waals surface area (Å²) in [6.45, 7) is 6.38. The Bertz CT molecular complexity index is 770. The quantitative estimate of drug-likeness (QED) is 0.607. The number of nitrogens with one attached hydrogen (secondary N) is 3. The Hall–Kier alpha value is -2.21. The van der Waals surface area contributed by atoms with Gasteiger partial charge in [0.15, 0.2) is 0 Å². The minimum atomic E-state index is -0.659. The van der Waals surface area contributed by atoms with E-state index in [0.29, 0.717) is 24.4 Å². The van der Waals surface area contributed by atoms with Crippen molar-refractivity contribution >= 4 is 34.4 Å². The maximum atomic E-state index is 12.0. The number of urea groups is 1. The zero-order chi connectivity index (χ0) is 18.6. The highest BCUT2D eigenvalue weighted by Crippen LogP contribution is 2.25. The summed E-state index contributed by atoms with van der Waals surface area (Å²) >= 11 is 6.08. The van der Waals surface area contributed by atoms with Crippen LogP contribution in [0.2, 0.25) is 5.02 Å². The third-order valence-electron chi connectivity index (χ3n) is 4.10. The van der Waals surface area contributed by atoms with E-state index in [4.69, 9.17) is 17.3 Å². The van der Waals surface area contributed by atoms with Crippen molar-refractivity contribution in [3.8, 4) is 0 Å². The number of nitrogens with two attached hydrogens (primary N) is 1. The van der Waals surface area contributed by atoms with Crippen LogP contribution in [0.5, 0.6) is 0 Å². The van der Waals surface area contributed by atoms with Gasteiger partial charge in [-0.15, -0.1) is 0 Å². The van der Waals surface area contributed by atoms with Gasteiger partial charge in [0, 0.05) is 28.2 Å². The summed E-state index contributed by atoms with van der Waals surface area (Å²) in [6.07, 6.45) is 1.17. The van der Waals surface area contributed by atoms with Crippen molar-refractivity contribution in [2.45, 2.75) is 39.7 Å². The predicted molar refractivity (Wildman–Crippen MR) is 101 cm³/mol. The molecular weight excluding hydrogens is 340 g/mol. The van der Waals surface area contributed by atoms with Gasteiger partial charge in [0.05, 0.1) is 0 Å². The van der Waals surface area contributed by atoms with E-state index in [-0.39, 0.29) is 11.9 Å². The van der Waals surface area contributed by atoms with Crippen LogP contribution in [-0.4, -0.2) is 29.5 Å². The number of aromatic amines is 1. The lowest BCUT2D eigenvalue weighted by atomic mass is 10.0. The first kappa shape index (κ1) is 19.1. The molecule has 0 radical (unpaired) electrons. The van der Waals surface area contributed by atoms with Gasteiger partial charge in [-0.25, -0.2) is 4.79 Å². The topological polar surface area (TPSA) is 100 Å². The third-order valence-corrected chi connectivity index (χ3v) is 4.33. The molecule has 2 aromatic rings. The van der Waals surface area contributed by atoms with Gasteiger partial charge in [0.25, 0.3) is 0 Å². The van der Waals surface area contributed by atoms with Crippen LogP contribution < -0.4 is 16.4 Å². The number of carbonyl (C=O) groups excluding carboxylic acids is 2. The highest BCUT2D eigenvalue weighted by Gasteiger charge is 2.19. The Kier molecular flexibility index (Phi) is 6.31. The molecule has 1 aromatic carbocycles. The zero-order valence-corrected chi connectivity index (χ0v) is 15.5. The molecule has 6 nitrogen and oxygen atoms in total. The molecule has 0 fully saturated rings. The molecule has 5 N–H and O–H groups in total. The molecule has 1 heterocycles. The van der Waals surface area contributed by atoms with Crippen molar-refractivity contribution in [3.63, 3.8) is 0 Å². The average molecular weight is 365 g/mol. The molecule has 25 heavy (non-hydrogen) atoms. The number of primary amides is 1. The number of aromatic nitrogens is 1. The van der Waals surface area contributed by atoms with Gasteiger partial charge in [-0.05, 0) is 49.4 Å². The van der Waals surface area contributed by atoms with Crippen molar-refractivity contribution in [1.29, 1.82) is 0 Å². The largest absolute Gasteiger partial charge is 0.368 e. The van der Waals surface area contributed by atoms with Crippen LogP contribution in [0.15, 0.2) is 18.2 Å². The van der Waals surface area contributed by atoms with Gasteiger partial charge < -0.3 is 21.4 Å². The Morgan fingerprint density at radius 2 is 2.04 bits per heavy atom. The lowest BCUT2D eigenvalue weighted by molar-refractivity contribution is -0.120. The smallest absolute Gasteiger partial charge is 0.315 e. The van der Waals surface area contributed by atoms with Gasteiger partial charge in [-0.3, -0.25) is 4.79 Å². The maximum Gasteiger partial charge on any atom is 0.315 e. The molecule has 1 atom stereocenters. The SMILES string of the molecule is Cc1[nH]c2ccc(Cl)cc2c1CCNC(=O)N[C@@H](CC(C)C)C(N)=O. The maximum absolute atomic E-state index is 12.0. The fourth-order valence-corrected chi connectivity index (χ4v) is 3.08. The normalized spacial score (nSPS) is 12.4. The van der Waals surface area contributed by atoms with Crippen LogP contribution in [0.1, 0.15) is 31.5 Å². The summed E-state index contributed by atoms with van der Waals surface area (Å²) in [4.78, 5) is 26.7. The Labute approximate surface area is 152 Å². The van der Waals surface area contributed by atoms with E-state index >= 15 is 0 Å². The highest BCUT2D eigenvalue weighted by atomic mass is 35.5. The molecule has 2 rings (SSSR count). The fraction of sp³-hybridized carbons (Fsp3) is 0.444. The van der Waals surface area contributed by atoms with E-state index in [9.17, 15) is 9.59 Å². The van der Waals surface area contributed by atoms with E-state index in [2.05, 4.69) is 15.6 Å². The molecule has 0 saturated carbocycles. The number of hydrogen-bond acceptors (Lipinski definition) is 2. The first-order chi connectivity index (χ1) is 11.8. The van der Waals surface area contributed by atoms with Gasteiger partial charge in [-0.2, -0.15) is 0 Å². The number of fused-ring (bicyclic) bond motifs is 1. The van der Waals surface area contributed by atoms with Gasteiger partial charge in [-0.1, -0.05) is 25.4 Å². The van der Waals surface area contributed by atoms with E-state index in [0.717, 1.165) is 22.2 Å². The molecule has 0 bridgehead atoms. The first-order valence-corrected chi connectivity index (χ1v) is 8.76. The Morgan fingerprint density at radius 1 is 1.32 bits per heavy atom. The predicted octanol–water partition coefficient (Wildman–Crippen LogP) is 2.87. The van der Waals surface area contributed by atoms with Crippen LogP contribution in [0.3, 0.4) is 0 Å². The number of aryl methyl sites for hydroxylation is 1. The van der Waals surface area contributed by atoms with Crippen LogP contribution in [0, 0.1) is 12.8 Å². The van der Waals surface area contributed by atoms with E-state index in [1.165, 1.54) is 0 Å². The number of amides is 3. The summed E-state index contributed by atoms with van der Waals surface area (Å²) in [5.74, 6) is -0.262. The third kappa shape index (κ3) is 5.13. The number of H-pyrrole nitrogens is 1. The zero-order valence-electron chi connectivity index (χ0n) is 14.8. The molecule has 7 heteroatoms. The highest BCUT2D eigenvalue weighted by molar-refractivity contribution is 6.31. The first-order valence-electron chi connectivity index (χ1n) is 8.38. The van der Waals surface area contributed by atoms with E-state index in [1.807, 2.05) is 39.0 Å². The second kappa shape index (κ2) is 8.25. The monoisotopic (exact) mass is 364 g/mol. The molecule has 0 saturated heterocycles. The lowest BCUT2D eigenvalue weighted by Crippen LogP contribution is -2.49. The molecule has 3 amide bonds. The van der Waals surface area contributed by atoms with Gasteiger partial charge in [0.2, 0.25) is 5.91 Å². The summed E-state index contributed by atoms with van der Waals surface area (Å²) in [5, 5.41) is 7.15. The Morgan fingerprint density at radius 3 is 2.68 bits per heavy atom. The number of benzene rings is 1. The number of rotatable bonds is 7. The molecule has 1 aromatic heterocycles. The van der Waals surface area contributed by atoms with E-state index < -0.39 is 11.9 Å². The summed E-state index contributed by atoms with van der Waals surface area (Å²) in [7, 11) is 0. The second-order valence-electron chi connectivity index (χ2n) is 6.65. The minimum Gasteiger partial charge on any atom is -0.368 e. The van der Waals surface area contributed by atoms with Crippen molar-refractivity contribution in [2.24, 2.45) is 11.7 Å². The van der Waals surface area contributed by atoms with Crippen LogP contribution >= 0.6 is 11.6 Å². The van der Waals surface area contributed by atoms with Gasteiger partial charge in [0.1, 0.15) is 6.04 Å². The molecule has 0 aliphatic carbocycles. The molecule has 136 valence electrons. The standard InChI is InChI=1S/C18H25ClN4O2/c1-10(2)8-16(17(20)24)23-18(25)21-7-6-13-11(3)22-15-5-4-12(19)9-14(13)15/h4-5,9-10,16,22H,6-8H2,1-3H3,(H2,20,24)(H2,21,23,25)/t16-/m0/s1. The van der Waals surface area contributed by atoms with Crippen molar-refractivity contribution in [1.82, 2.24) is 15.6 Å². The fourth-order valence-electron chi connectivity index (χ4n) is 2.90. The molecule has 0 unspecified atom stereocenters. The second-order valence-corrected chi connectivity index (χ2v) is 7.09. The minimum absolute atomic E-state index is 0.261. The van der Waals surface area contributed by atoms with Crippen LogP contribution in [0.4, 0.5) is 4.79 Å². The van der Waals surface area contributed by atoms with Crippen LogP contribution in [-0.2, 0) is 11.2 Å². The number of halogens is 1. The molecule has 0 aliphatic rings. The Balaban J connectivity index is 1.94. The van der Waals surface area contributed by atoms with Gasteiger partial charge >= 0.3 is 6.03 Å². The summed E-state index contributed by atoms with van der Waals surface area (Å²) in [5.41, 5.74) is 8.53. The molecule has 0 aliphatic heterocycles. The number of carbonyl (C=O) groups is 2. The summed E-state index contributed by atoms with van der Waals surface area (Å²) < 4.78 is 0. The van der Waals surface area contributed by atoms with Crippen molar-refractivity contribution < 1.29 is 9.59 Å². The van der Waals surface area contributed by atoms with E-state index in [1.54, 1.807) is 0 Å². The molecular formula is C18H25ClN4O2.